The number of aromatic nitrogens is 2. The van der Waals surface area contributed by atoms with Crippen LogP contribution in [0.3, 0.4) is 0 Å². The third kappa shape index (κ3) is 3.55. The summed E-state index contributed by atoms with van der Waals surface area (Å²) in [6.45, 7) is 0.984. The number of hydrogen-bond donors (Lipinski definition) is 2. The van der Waals surface area contributed by atoms with Crippen LogP contribution in [0.4, 0.5) is 18.9 Å². The molecule has 0 saturated carbocycles. The van der Waals surface area contributed by atoms with E-state index < -0.39 is 35.4 Å². The van der Waals surface area contributed by atoms with Crippen LogP contribution in [0.1, 0.15) is 28.9 Å². The molecule has 1 atom stereocenters. The lowest BCUT2D eigenvalue weighted by Crippen LogP contribution is -2.34. The highest BCUT2D eigenvalue weighted by molar-refractivity contribution is 5.98. The van der Waals surface area contributed by atoms with Crippen molar-refractivity contribution in [3.05, 3.63) is 57.8 Å². The molecule has 0 saturated heterocycles. The van der Waals surface area contributed by atoms with Crippen LogP contribution in [0, 0.1) is 5.82 Å². The van der Waals surface area contributed by atoms with Crippen LogP contribution in [0.5, 0.6) is 0 Å². The van der Waals surface area contributed by atoms with E-state index >= 15 is 0 Å². The summed E-state index contributed by atoms with van der Waals surface area (Å²) in [7, 11) is 0. The van der Waals surface area contributed by atoms with E-state index in [1.807, 2.05) is 0 Å². The van der Waals surface area contributed by atoms with Gasteiger partial charge in [0, 0.05) is 12.1 Å². The number of amides is 1. The van der Waals surface area contributed by atoms with Crippen LogP contribution in [0.25, 0.3) is 0 Å². The molecule has 1 amide bonds. The van der Waals surface area contributed by atoms with Gasteiger partial charge in [-0.3, -0.25) is 9.59 Å². The number of nitrogens with zero attached hydrogens (tertiary/aromatic N) is 2. The highest BCUT2D eigenvalue weighted by atomic mass is 19.3. The number of nitrogen functional groups attached to an aromatic ring is 1. The first-order valence-corrected chi connectivity index (χ1v) is 7.00. The highest BCUT2D eigenvalue weighted by Crippen LogP contribution is 2.14. The van der Waals surface area contributed by atoms with E-state index in [9.17, 15) is 22.8 Å². The zero-order chi connectivity index (χ0) is 17.9. The summed E-state index contributed by atoms with van der Waals surface area (Å²) < 4.78 is 39.4. The Kier molecular flexibility index (Phi) is 5.22. The number of carbonyl (C=O) groups excluding carboxylic acids is 1. The van der Waals surface area contributed by atoms with Crippen molar-refractivity contribution in [2.45, 2.75) is 25.9 Å². The maximum atomic E-state index is 13.5. The molecule has 128 valence electrons. The maximum absolute atomic E-state index is 13.5. The molecular weight excluding hydrogens is 325 g/mol. The fourth-order valence-corrected chi connectivity index (χ4v) is 1.97. The van der Waals surface area contributed by atoms with E-state index in [-0.39, 0.29) is 17.7 Å². The molecule has 2 aromatic rings. The third-order valence-corrected chi connectivity index (χ3v) is 3.43. The van der Waals surface area contributed by atoms with Gasteiger partial charge in [-0.15, -0.1) is 0 Å². The SMILES string of the molecule is CC(C(F)F)n1ncc(C(=O)NCc2ccccc2F)c(N)c1=O. The van der Waals surface area contributed by atoms with E-state index in [1.54, 1.807) is 6.07 Å². The summed E-state index contributed by atoms with van der Waals surface area (Å²) in [5, 5.41) is 5.96. The quantitative estimate of drug-likeness (QED) is 0.867. The van der Waals surface area contributed by atoms with Crippen molar-refractivity contribution in [1.82, 2.24) is 15.1 Å². The number of nitrogens with one attached hydrogen (secondary N) is 1. The molecule has 0 spiro atoms. The van der Waals surface area contributed by atoms with Crippen LogP contribution < -0.4 is 16.6 Å². The van der Waals surface area contributed by atoms with Crippen molar-refractivity contribution < 1.29 is 18.0 Å². The molecule has 0 aliphatic carbocycles. The smallest absolute Gasteiger partial charge is 0.291 e. The second-order valence-electron chi connectivity index (χ2n) is 5.07. The molecule has 1 aromatic heterocycles. The molecule has 0 bridgehead atoms. The average molecular weight is 340 g/mol. The van der Waals surface area contributed by atoms with Gasteiger partial charge in [0.05, 0.1) is 11.8 Å². The van der Waals surface area contributed by atoms with Gasteiger partial charge in [-0.2, -0.15) is 5.10 Å². The fraction of sp³-hybridized carbons (Fsp3) is 0.267. The zero-order valence-electron chi connectivity index (χ0n) is 12.7. The van der Waals surface area contributed by atoms with Crippen molar-refractivity contribution in [2.24, 2.45) is 0 Å². The number of nitrogens with two attached hydrogens (primary N) is 1. The highest BCUT2D eigenvalue weighted by Gasteiger charge is 2.22. The normalized spacial score (nSPS) is 12.2. The Bertz CT molecular complexity index is 808. The first-order valence-electron chi connectivity index (χ1n) is 7.00. The standard InChI is InChI=1S/C15H15F3N4O2/c1-8(13(17)18)22-15(24)12(19)10(7-21-22)14(23)20-6-9-4-2-3-5-11(9)16/h2-5,7-8,13H,6,19H2,1H3,(H,20,23). The predicted octanol–water partition coefficient (Wildman–Crippen LogP) is 1.72. The largest absolute Gasteiger partial charge is 0.394 e. The number of halogens is 3. The van der Waals surface area contributed by atoms with Gasteiger partial charge < -0.3 is 11.1 Å². The topological polar surface area (TPSA) is 90.0 Å². The summed E-state index contributed by atoms with van der Waals surface area (Å²) in [4.78, 5) is 24.0. The van der Waals surface area contributed by atoms with Crippen molar-refractivity contribution >= 4 is 11.6 Å². The van der Waals surface area contributed by atoms with Gasteiger partial charge in [0.15, 0.2) is 0 Å². The number of rotatable bonds is 5. The Morgan fingerprint density at radius 3 is 2.67 bits per heavy atom. The third-order valence-electron chi connectivity index (χ3n) is 3.43. The van der Waals surface area contributed by atoms with E-state index in [0.717, 1.165) is 13.1 Å². The van der Waals surface area contributed by atoms with Gasteiger partial charge in [-0.1, -0.05) is 18.2 Å². The molecule has 6 nitrogen and oxygen atoms in total. The first kappa shape index (κ1) is 17.5. The second kappa shape index (κ2) is 7.16. The molecule has 24 heavy (non-hydrogen) atoms. The molecule has 3 N–H and O–H groups in total. The Morgan fingerprint density at radius 2 is 2.04 bits per heavy atom. The number of hydrogen-bond acceptors (Lipinski definition) is 4. The average Bonchev–Trinajstić information content (AvgIpc) is 2.55. The maximum Gasteiger partial charge on any atom is 0.291 e. The first-order chi connectivity index (χ1) is 11.3. The monoisotopic (exact) mass is 340 g/mol. The van der Waals surface area contributed by atoms with Crippen molar-refractivity contribution in [3.63, 3.8) is 0 Å². The van der Waals surface area contributed by atoms with E-state index in [2.05, 4.69) is 10.4 Å². The van der Waals surface area contributed by atoms with Crippen LogP contribution in [-0.2, 0) is 6.54 Å². The minimum atomic E-state index is -2.81. The number of benzene rings is 1. The van der Waals surface area contributed by atoms with Crippen molar-refractivity contribution in [2.75, 3.05) is 5.73 Å². The van der Waals surface area contributed by atoms with Gasteiger partial charge in [0.2, 0.25) is 0 Å². The van der Waals surface area contributed by atoms with Crippen LogP contribution in [-0.4, -0.2) is 22.1 Å². The Morgan fingerprint density at radius 1 is 1.38 bits per heavy atom. The summed E-state index contributed by atoms with van der Waals surface area (Å²) >= 11 is 0. The van der Waals surface area contributed by atoms with Crippen LogP contribution >= 0.6 is 0 Å². The van der Waals surface area contributed by atoms with Gasteiger partial charge in [0.25, 0.3) is 17.9 Å². The molecule has 0 aliphatic heterocycles. The number of alkyl halides is 2. The van der Waals surface area contributed by atoms with Gasteiger partial charge in [-0.25, -0.2) is 17.9 Å². The second-order valence-corrected chi connectivity index (χ2v) is 5.07. The molecule has 1 aromatic carbocycles. The van der Waals surface area contributed by atoms with Crippen LogP contribution in [0.15, 0.2) is 35.3 Å². The Labute approximate surface area is 135 Å². The van der Waals surface area contributed by atoms with Crippen LogP contribution in [0.2, 0.25) is 0 Å². The number of carbonyl (C=O) groups is 1. The van der Waals surface area contributed by atoms with E-state index in [4.69, 9.17) is 5.73 Å². The summed E-state index contributed by atoms with van der Waals surface area (Å²) in [5.74, 6) is -1.25. The lowest BCUT2D eigenvalue weighted by Gasteiger charge is -2.14. The van der Waals surface area contributed by atoms with Gasteiger partial charge in [0.1, 0.15) is 17.5 Å². The molecule has 1 heterocycles. The number of anilines is 1. The molecule has 0 radical (unpaired) electrons. The summed E-state index contributed by atoms with van der Waals surface area (Å²) in [6, 6.07) is 4.36. The molecule has 0 aliphatic rings. The van der Waals surface area contributed by atoms with E-state index in [1.165, 1.54) is 18.2 Å². The molecular formula is C15H15F3N4O2. The predicted molar refractivity (Wildman–Crippen MR) is 81.2 cm³/mol. The minimum absolute atomic E-state index is 0.124. The Hall–Kier alpha value is -2.84. The summed E-state index contributed by atoms with van der Waals surface area (Å²) in [6.07, 6.45) is -1.87. The molecule has 1 unspecified atom stereocenters. The molecule has 9 heteroatoms. The lowest BCUT2D eigenvalue weighted by molar-refractivity contribution is 0.0829. The summed E-state index contributed by atoms with van der Waals surface area (Å²) in [5.41, 5.74) is 4.08. The van der Waals surface area contributed by atoms with Crippen molar-refractivity contribution in [1.29, 1.82) is 0 Å². The molecule has 2 rings (SSSR count). The van der Waals surface area contributed by atoms with Gasteiger partial charge in [-0.05, 0) is 13.0 Å². The van der Waals surface area contributed by atoms with Crippen molar-refractivity contribution in [3.8, 4) is 0 Å². The van der Waals surface area contributed by atoms with E-state index in [0.29, 0.717) is 4.68 Å². The lowest BCUT2D eigenvalue weighted by atomic mass is 10.2. The minimum Gasteiger partial charge on any atom is -0.394 e. The van der Waals surface area contributed by atoms with Gasteiger partial charge >= 0.3 is 0 Å². The Balaban J connectivity index is 2.20. The fourth-order valence-electron chi connectivity index (χ4n) is 1.97. The molecule has 0 fully saturated rings. The zero-order valence-corrected chi connectivity index (χ0v) is 12.7.